The summed E-state index contributed by atoms with van der Waals surface area (Å²) >= 11 is 3.30. The van der Waals surface area contributed by atoms with Gasteiger partial charge < -0.3 is 4.74 Å². The van der Waals surface area contributed by atoms with Gasteiger partial charge in [0.2, 0.25) is 0 Å². The average molecular weight is 467 g/mol. The Kier molecular flexibility index (Phi) is 6.41. The van der Waals surface area contributed by atoms with E-state index >= 15 is 0 Å². The predicted octanol–water partition coefficient (Wildman–Crippen LogP) is 5.18. The van der Waals surface area contributed by atoms with Crippen LogP contribution in [-0.4, -0.2) is 26.0 Å². The van der Waals surface area contributed by atoms with Crippen LogP contribution in [0.5, 0.6) is 5.75 Å². The van der Waals surface area contributed by atoms with Crippen molar-refractivity contribution in [3.05, 3.63) is 58.1 Å². The molecule has 1 heterocycles. The molecule has 0 unspecified atom stereocenters. The number of halogens is 5. The van der Waals surface area contributed by atoms with E-state index in [-0.39, 0.29) is 17.0 Å². The summed E-state index contributed by atoms with van der Waals surface area (Å²) in [5.41, 5.74) is 0.464. The van der Waals surface area contributed by atoms with E-state index in [1.807, 2.05) is 0 Å². The molecule has 0 aliphatic rings. The van der Waals surface area contributed by atoms with Gasteiger partial charge in [-0.25, -0.2) is 8.60 Å². The molecule has 0 aliphatic heterocycles. The zero-order valence-corrected chi connectivity index (χ0v) is 16.9. The summed E-state index contributed by atoms with van der Waals surface area (Å²) in [5.74, 6) is -2.20. The van der Waals surface area contributed by atoms with Crippen molar-refractivity contribution < 1.29 is 26.5 Å². The minimum absolute atomic E-state index is 0.0770. The molecule has 2 rings (SSSR count). The van der Waals surface area contributed by atoms with Gasteiger partial charge in [-0.05, 0) is 67.0 Å². The van der Waals surface area contributed by atoms with E-state index in [4.69, 9.17) is 0 Å². The topological polar surface area (TPSA) is 51.5 Å². The van der Waals surface area contributed by atoms with Gasteiger partial charge in [0, 0.05) is 16.2 Å². The zero-order chi connectivity index (χ0) is 20.4. The van der Waals surface area contributed by atoms with Crippen LogP contribution < -0.4 is 4.74 Å². The summed E-state index contributed by atoms with van der Waals surface area (Å²) in [7, 11) is -1.71. The Balaban J connectivity index is 2.58. The van der Waals surface area contributed by atoms with Crippen LogP contribution in [0.3, 0.4) is 0 Å². The molecule has 0 saturated carbocycles. The molecule has 0 aliphatic carbocycles. The molecule has 10 heteroatoms. The smallest absolute Gasteiger partial charge is 0.403 e. The quantitative estimate of drug-likeness (QED) is 0.460. The normalized spacial score (nSPS) is 14.1. The number of hydrogen-bond donors (Lipinski definition) is 0. The fourth-order valence-electron chi connectivity index (χ4n) is 1.87. The van der Waals surface area contributed by atoms with E-state index < -0.39 is 33.7 Å². The molecule has 0 saturated heterocycles. The van der Waals surface area contributed by atoms with Crippen LogP contribution in [0.25, 0.3) is 0 Å². The van der Waals surface area contributed by atoms with Crippen molar-refractivity contribution >= 4 is 32.6 Å². The van der Waals surface area contributed by atoms with Crippen LogP contribution in [0, 0.1) is 5.82 Å². The van der Waals surface area contributed by atoms with Crippen LogP contribution in [0.1, 0.15) is 32.0 Å². The lowest BCUT2D eigenvalue weighted by Crippen LogP contribution is -2.22. The summed E-state index contributed by atoms with van der Waals surface area (Å²) in [6.07, 6.45) is -3.55. The SMILES string of the molecule is CC(C)(C)[S@@](=O)N=C(c1ccc(OC(F)(F)F)c(F)c1)c1ncccc1Br. The van der Waals surface area contributed by atoms with Crippen molar-refractivity contribution in [3.8, 4) is 5.75 Å². The van der Waals surface area contributed by atoms with Crippen molar-refractivity contribution in [1.82, 2.24) is 4.98 Å². The molecule has 2 aromatic rings. The van der Waals surface area contributed by atoms with E-state index in [0.29, 0.717) is 4.47 Å². The number of pyridine rings is 1. The number of ether oxygens (including phenoxy) is 1. The summed E-state index contributed by atoms with van der Waals surface area (Å²) in [6.45, 7) is 5.12. The fraction of sp³-hybridized carbons (Fsp3) is 0.294. The second-order valence-corrected chi connectivity index (χ2v) is 9.09. The maximum absolute atomic E-state index is 14.1. The first kappa shape index (κ1) is 21.5. The molecular formula is C17H15BrF4N2O2S. The van der Waals surface area contributed by atoms with E-state index in [2.05, 4.69) is 30.0 Å². The second-order valence-electron chi connectivity index (χ2n) is 6.33. The van der Waals surface area contributed by atoms with Crippen LogP contribution in [-0.2, 0) is 11.0 Å². The highest BCUT2D eigenvalue weighted by Crippen LogP contribution is 2.28. The molecule has 146 valence electrons. The molecule has 27 heavy (non-hydrogen) atoms. The Morgan fingerprint density at radius 2 is 1.89 bits per heavy atom. The Morgan fingerprint density at radius 3 is 2.41 bits per heavy atom. The molecule has 0 radical (unpaired) electrons. The average Bonchev–Trinajstić information content (AvgIpc) is 2.53. The minimum atomic E-state index is -5.02. The van der Waals surface area contributed by atoms with E-state index in [1.54, 1.807) is 32.9 Å². The van der Waals surface area contributed by atoms with Crippen LogP contribution in [0.15, 0.2) is 45.4 Å². The van der Waals surface area contributed by atoms with Gasteiger partial charge in [0.15, 0.2) is 11.6 Å². The van der Waals surface area contributed by atoms with Crippen LogP contribution in [0.2, 0.25) is 0 Å². The number of hydrogen-bond acceptors (Lipinski definition) is 3. The molecule has 0 amide bonds. The fourth-order valence-corrected chi connectivity index (χ4v) is 2.94. The van der Waals surface area contributed by atoms with Gasteiger partial charge in [0.05, 0.1) is 4.75 Å². The minimum Gasteiger partial charge on any atom is -0.403 e. The van der Waals surface area contributed by atoms with Gasteiger partial charge >= 0.3 is 6.36 Å². The number of rotatable bonds is 4. The van der Waals surface area contributed by atoms with Gasteiger partial charge in [-0.3, -0.25) is 4.98 Å². The van der Waals surface area contributed by atoms with Crippen LogP contribution >= 0.6 is 15.9 Å². The van der Waals surface area contributed by atoms with E-state index in [1.165, 1.54) is 12.3 Å². The molecule has 1 aromatic carbocycles. The predicted molar refractivity (Wildman–Crippen MR) is 98.6 cm³/mol. The first-order chi connectivity index (χ1) is 12.4. The monoisotopic (exact) mass is 466 g/mol. The Bertz CT molecular complexity index is 895. The van der Waals surface area contributed by atoms with Gasteiger partial charge in [0.25, 0.3) is 0 Å². The number of nitrogens with zero attached hydrogens (tertiary/aromatic N) is 2. The lowest BCUT2D eigenvalue weighted by atomic mass is 10.1. The maximum Gasteiger partial charge on any atom is 0.573 e. The van der Waals surface area contributed by atoms with Gasteiger partial charge in [-0.15, -0.1) is 13.2 Å². The molecule has 0 spiro atoms. The second kappa shape index (κ2) is 8.05. The van der Waals surface area contributed by atoms with E-state index in [0.717, 1.165) is 12.1 Å². The van der Waals surface area contributed by atoms with Gasteiger partial charge in [-0.1, -0.05) is 0 Å². The summed E-state index contributed by atoms with van der Waals surface area (Å²) < 4.78 is 71.2. The number of alkyl halides is 3. The van der Waals surface area contributed by atoms with Crippen molar-refractivity contribution in [2.45, 2.75) is 31.9 Å². The first-order valence-corrected chi connectivity index (χ1v) is 9.46. The number of aromatic nitrogens is 1. The highest BCUT2D eigenvalue weighted by Gasteiger charge is 2.32. The van der Waals surface area contributed by atoms with Crippen LogP contribution in [0.4, 0.5) is 17.6 Å². The largest absolute Gasteiger partial charge is 0.573 e. The molecule has 1 aromatic heterocycles. The lowest BCUT2D eigenvalue weighted by Gasteiger charge is -2.16. The Morgan fingerprint density at radius 1 is 1.22 bits per heavy atom. The van der Waals surface area contributed by atoms with Gasteiger partial charge in [-0.2, -0.15) is 4.40 Å². The third-order valence-corrected chi connectivity index (χ3v) is 5.15. The highest BCUT2D eigenvalue weighted by molar-refractivity contribution is 9.10. The zero-order valence-electron chi connectivity index (χ0n) is 14.5. The van der Waals surface area contributed by atoms with Crippen molar-refractivity contribution in [2.75, 3.05) is 0 Å². The maximum atomic E-state index is 14.1. The molecule has 4 nitrogen and oxygen atoms in total. The molecular weight excluding hydrogens is 452 g/mol. The lowest BCUT2D eigenvalue weighted by molar-refractivity contribution is -0.275. The molecule has 0 fully saturated rings. The third kappa shape index (κ3) is 5.83. The van der Waals surface area contributed by atoms with E-state index in [9.17, 15) is 21.8 Å². The highest BCUT2D eigenvalue weighted by atomic mass is 79.9. The summed E-state index contributed by atoms with van der Waals surface area (Å²) in [5, 5.41) is 0. The molecule has 0 bridgehead atoms. The third-order valence-electron chi connectivity index (χ3n) is 3.11. The molecule has 0 N–H and O–H groups in total. The number of benzene rings is 1. The first-order valence-electron chi connectivity index (χ1n) is 7.56. The Labute approximate surface area is 164 Å². The Hall–Kier alpha value is -1.81. The van der Waals surface area contributed by atoms with Crippen molar-refractivity contribution in [1.29, 1.82) is 0 Å². The standard InChI is InChI=1S/C17H15BrF4N2O2S/c1-16(2,3)27(25)24-14(15-11(18)5-4-8-23-15)10-6-7-13(12(19)9-10)26-17(20,21)22/h4-9H,1-3H3/t27-/m1/s1. The van der Waals surface area contributed by atoms with Crippen molar-refractivity contribution in [2.24, 2.45) is 4.40 Å². The summed E-state index contributed by atoms with van der Waals surface area (Å²) in [4.78, 5) is 4.16. The van der Waals surface area contributed by atoms with Crippen molar-refractivity contribution in [3.63, 3.8) is 0 Å². The molecule has 1 atom stereocenters. The van der Waals surface area contributed by atoms with Gasteiger partial charge in [0.1, 0.15) is 22.4 Å². The summed E-state index contributed by atoms with van der Waals surface area (Å²) in [6, 6.07) is 6.18.